The van der Waals surface area contributed by atoms with Crippen LogP contribution in [0.4, 0.5) is 0 Å². The summed E-state index contributed by atoms with van der Waals surface area (Å²) in [7, 11) is 0. The molecule has 27 heavy (non-hydrogen) atoms. The quantitative estimate of drug-likeness (QED) is 0.663. The molecule has 5 rings (SSSR count). The van der Waals surface area contributed by atoms with Crippen molar-refractivity contribution < 1.29 is 14.6 Å². The molecule has 134 valence electrons. The zero-order chi connectivity index (χ0) is 18.4. The predicted molar refractivity (Wildman–Crippen MR) is 105 cm³/mol. The molecule has 0 bridgehead atoms. The minimum atomic E-state index is -1.06. The van der Waals surface area contributed by atoms with Crippen molar-refractivity contribution in [3.8, 4) is 5.75 Å². The second-order valence-corrected chi connectivity index (χ2v) is 8.15. The van der Waals surface area contributed by atoms with Gasteiger partial charge in [-0.15, -0.1) is 11.8 Å². The Labute approximate surface area is 162 Å². The number of rotatable bonds is 1. The summed E-state index contributed by atoms with van der Waals surface area (Å²) < 4.78 is 6.03. The molecule has 0 radical (unpaired) electrons. The fourth-order valence-corrected chi connectivity index (χ4v) is 5.69. The van der Waals surface area contributed by atoms with E-state index in [0.29, 0.717) is 11.3 Å². The van der Waals surface area contributed by atoms with Gasteiger partial charge in [0.1, 0.15) is 17.8 Å². The lowest BCUT2D eigenvalue weighted by atomic mass is 9.68. The average Bonchev–Trinajstić information content (AvgIpc) is 2.73. The van der Waals surface area contributed by atoms with E-state index in [2.05, 4.69) is 0 Å². The SMILES string of the molecule is O=C1c2ccccc2OC[C@]12[C@@H](O)c1ccccc1S[C@H]2c1ccccc1. The van der Waals surface area contributed by atoms with Crippen molar-refractivity contribution in [3.63, 3.8) is 0 Å². The molecule has 3 atom stereocenters. The molecule has 3 aromatic rings. The molecule has 0 aliphatic carbocycles. The van der Waals surface area contributed by atoms with Crippen LogP contribution in [0, 0.1) is 5.41 Å². The number of hydrogen-bond acceptors (Lipinski definition) is 4. The highest BCUT2D eigenvalue weighted by molar-refractivity contribution is 7.99. The molecule has 0 saturated heterocycles. The lowest BCUT2D eigenvalue weighted by molar-refractivity contribution is -0.0121. The number of thioether (sulfide) groups is 1. The lowest BCUT2D eigenvalue weighted by Crippen LogP contribution is -2.50. The van der Waals surface area contributed by atoms with Crippen molar-refractivity contribution in [1.29, 1.82) is 0 Å². The largest absolute Gasteiger partial charge is 0.492 e. The first kappa shape index (κ1) is 16.6. The number of ether oxygens (including phenoxy) is 1. The summed E-state index contributed by atoms with van der Waals surface area (Å²) in [5, 5.41) is 11.2. The summed E-state index contributed by atoms with van der Waals surface area (Å²) in [6, 6.07) is 25.0. The van der Waals surface area contributed by atoms with Crippen molar-refractivity contribution in [2.75, 3.05) is 6.61 Å². The van der Waals surface area contributed by atoms with E-state index in [1.807, 2.05) is 72.8 Å². The summed E-state index contributed by atoms with van der Waals surface area (Å²) in [6.45, 7) is 0.158. The van der Waals surface area contributed by atoms with Crippen LogP contribution in [0.5, 0.6) is 5.75 Å². The molecule has 0 aromatic heterocycles. The molecule has 0 saturated carbocycles. The molecule has 2 aliphatic heterocycles. The molecule has 2 heterocycles. The average molecular weight is 374 g/mol. The van der Waals surface area contributed by atoms with Crippen LogP contribution < -0.4 is 4.74 Å². The minimum absolute atomic E-state index is 0.0484. The van der Waals surface area contributed by atoms with E-state index in [1.54, 1.807) is 17.8 Å². The van der Waals surface area contributed by atoms with Gasteiger partial charge in [0.15, 0.2) is 5.78 Å². The summed E-state index contributed by atoms with van der Waals surface area (Å²) >= 11 is 1.64. The van der Waals surface area contributed by atoms with Gasteiger partial charge in [-0.05, 0) is 29.3 Å². The third-order valence-electron chi connectivity index (χ3n) is 5.54. The van der Waals surface area contributed by atoms with Crippen molar-refractivity contribution in [3.05, 3.63) is 95.6 Å². The summed E-state index contributed by atoms with van der Waals surface area (Å²) in [6.07, 6.45) is -0.930. The summed E-state index contributed by atoms with van der Waals surface area (Å²) in [5.74, 6) is 0.545. The number of ketones is 1. The smallest absolute Gasteiger partial charge is 0.180 e. The standard InChI is InChI=1S/C23H18O3S/c24-20-16-10-4-6-12-18(16)26-14-23(20)21(25)17-11-5-7-13-19(17)27-22(23)15-8-2-1-3-9-15/h1-13,21-22,25H,14H2/t21-,22-,23+/m0/s1. The number of para-hydroxylation sites is 1. The van der Waals surface area contributed by atoms with E-state index in [1.165, 1.54) is 0 Å². The zero-order valence-electron chi connectivity index (χ0n) is 14.5. The number of aliphatic hydroxyl groups is 1. The highest BCUT2D eigenvalue weighted by atomic mass is 32.2. The monoisotopic (exact) mass is 374 g/mol. The van der Waals surface area contributed by atoms with Crippen molar-refractivity contribution in [1.82, 2.24) is 0 Å². The van der Waals surface area contributed by atoms with Crippen LogP contribution in [0.2, 0.25) is 0 Å². The Bertz CT molecular complexity index is 1020. The van der Waals surface area contributed by atoms with Gasteiger partial charge >= 0.3 is 0 Å². The molecule has 4 heteroatoms. The number of aliphatic hydroxyl groups excluding tert-OH is 1. The maximum Gasteiger partial charge on any atom is 0.180 e. The van der Waals surface area contributed by atoms with Crippen LogP contribution in [0.1, 0.15) is 32.8 Å². The Hall–Kier alpha value is -2.56. The number of carbonyl (C=O) groups is 1. The van der Waals surface area contributed by atoms with E-state index >= 15 is 0 Å². The lowest BCUT2D eigenvalue weighted by Gasteiger charge is -2.48. The third kappa shape index (κ3) is 2.37. The first-order valence-corrected chi connectivity index (χ1v) is 9.85. The number of carbonyl (C=O) groups excluding carboxylic acids is 1. The first-order valence-electron chi connectivity index (χ1n) is 8.97. The highest BCUT2D eigenvalue weighted by Gasteiger charge is 2.58. The third-order valence-corrected chi connectivity index (χ3v) is 7.09. The van der Waals surface area contributed by atoms with Crippen LogP contribution in [-0.4, -0.2) is 17.5 Å². The second-order valence-electron chi connectivity index (χ2n) is 7.00. The Kier molecular flexibility index (Phi) is 3.85. The van der Waals surface area contributed by atoms with Crippen LogP contribution in [0.15, 0.2) is 83.8 Å². The molecular formula is C23H18O3S. The van der Waals surface area contributed by atoms with E-state index in [4.69, 9.17) is 4.74 Å². The zero-order valence-corrected chi connectivity index (χ0v) is 15.4. The molecule has 2 aliphatic rings. The summed E-state index contributed by atoms with van der Waals surface area (Å²) in [5.41, 5.74) is 1.30. The maximum atomic E-state index is 13.7. The van der Waals surface area contributed by atoms with Crippen molar-refractivity contribution in [2.45, 2.75) is 16.2 Å². The Morgan fingerprint density at radius 2 is 1.63 bits per heavy atom. The normalized spacial score (nSPS) is 26.2. The summed E-state index contributed by atoms with van der Waals surface area (Å²) in [4.78, 5) is 14.8. The van der Waals surface area contributed by atoms with Gasteiger partial charge in [-0.25, -0.2) is 0 Å². The van der Waals surface area contributed by atoms with Crippen molar-refractivity contribution >= 4 is 17.5 Å². The predicted octanol–water partition coefficient (Wildman–Crippen LogP) is 4.83. The number of Topliss-reactive ketones (excluding diaryl/α,β-unsaturated/α-hetero) is 1. The van der Waals surface area contributed by atoms with Gasteiger partial charge in [-0.1, -0.05) is 60.7 Å². The number of fused-ring (bicyclic) bond motifs is 2. The van der Waals surface area contributed by atoms with Gasteiger partial charge < -0.3 is 9.84 Å². The van der Waals surface area contributed by atoms with E-state index < -0.39 is 11.5 Å². The van der Waals surface area contributed by atoms with Gasteiger partial charge in [0.2, 0.25) is 0 Å². The Balaban J connectivity index is 1.74. The molecule has 3 aromatic carbocycles. The second kappa shape index (κ2) is 6.25. The highest BCUT2D eigenvalue weighted by Crippen LogP contribution is 2.62. The van der Waals surface area contributed by atoms with Crippen LogP contribution in [0.25, 0.3) is 0 Å². The van der Waals surface area contributed by atoms with E-state index in [-0.39, 0.29) is 17.6 Å². The van der Waals surface area contributed by atoms with Gasteiger partial charge in [0.25, 0.3) is 0 Å². The Morgan fingerprint density at radius 3 is 2.48 bits per heavy atom. The minimum Gasteiger partial charge on any atom is -0.492 e. The van der Waals surface area contributed by atoms with Gasteiger partial charge in [0, 0.05) is 4.90 Å². The molecule has 0 fully saturated rings. The molecule has 0 unspecified atom stereocenters. The van der Waals surface area contributed by atoms with Crippen molar-refractivity contribution in [2.24, 2.45) is 5.41 Å². The molecule has 1 spiro atoms. The topological polar surface area (TPSA) is 46.5 Å². The van der Waals surface area contributed by atoms with E-state index in [0.717, 1.165) is 16.0 Å². The Morgan fingerprint density at radius 1 is 0.926 bits per heavy atom. The van der Waals surface area contributed by atoms with Crippen LogP contribution >= 0.6 is 11.8 Å². The number of benzene rings is 3. The molecule has 0 amide bonds. The fourth-order valence-electron chi connectivity index (χ4n) is 4.15. The van der Waals surface area contributed by atoms with Gasteiger partial charge in [-0.2, -0.15) is 0 Å². The first-order chi connectivity index (χ1) is 13.2. The molecule has 3 nitrogen and oxygen atoms in total. The van der Waals surface area contributed by atoms with E-state index in [9.17, 15) is 9.90 Å². The number of hydrogen-bond donors (Lipinski definition) is 1. The van der Waals surface area contributed by atoms with Gasteiger partial charge in [-0.3, -0.25) is 4.79 Å². The van der Waals surface area contributed by atoms with Crippen LogP contribution in [0.3, 0.4) is 0 Å². The van der Waals surface area contributed by atoms with Gasteiger partial charge in [0.05, 0.1) is 16.9 Å². The molecular weight excluding hydrogens is 356 g/mol. The molecule has 1 N–H and O–H groups in total. The van der Waals surface area contributed by atoms with Crippen LogP contribution in [-0.2, 0) is 0 Å². The fraction of sp³-hybridized carbons (Fsp3) is 0.174. The maximum absolute atomic E-state index is 13.7.